The molecule has 2 aromatic carbocycles. The number of rotatable bonds is 14. The van der Waals surface area contributed by atoms with Gasteiger partial charge in [-0.1, -0.05) is 62.4 Å². The summed E-state index contributed by atoms with van der Waals surface area (Å²) in [6.45, 7) is 10.1. The Bertz CT molecular complexity index is 1090. The fraction of sp³-hybridized carbons (Fsp3) is 0.484. The summed E-state index contributed by atoms with van der Waals surface area (Å²) < 4.78 is 21.5. The average molecular weight is 541 g/mol. The standard InChI is InChI=1S/C31H40O8/c1-20(2)37-30(34)23(6)26(31(35)38-21(3)4)19-22(5)29(33)36-18-12-17-28(32)39-27-16-11-10-15-25(27)24-13-8-7-9-14-24/h7-11,13-16,20-23,26H,12,17-19H2,1-6H3. The zero-order valence-corrected chi connectivity index (χ0v) is 23.7. The Morgan fingerprint density at radius 2 is 1.31 bits per heavy atom. The van der Waals surface area contributed by atoms with Gasteiger partial charge in [0.15, 0.2) is 0 Å². The van der Waals surface area contributed by atoms with Crippen molar-refractivity contribution in [2.75, 3.05) is 6.61 Å². The van der Waals surface area contributed by atoms with Gasteiger partial charge < -0.3 is 18.9 Å². The third kappa shape index (κ3) is 10.5. The Labute approximate surface area is 231 Å². The molecule has 0 heterocycles. The molecule has 39 heavy (non-hydrogen) atoms. The van der Waals surface area contributed by atoms with Crippen LogP contribution in [0.2, 0.25) is 0 Å². The third-order valence-electron chi connectivity index (χ3n) is 5.96. The smallest absolute Gasteiger partial charge is 0.311 e. The van der Waals surface area contributed by atoms with Crippen molar-refractivity contribution in [3.8, 4) is 16.9 Å². The third-order valence-corrected chi connectivity index (χ3v) is 5.96. The first-order valence-corrected chi connectivity index (χ1v) is 13.4. The predicted molar refractivity (Wildman–Crippen MR) is 147 cm³/mol. The van der Waals surface area contributed by atoms with Crippen molar-refractivity contribution in [1.29, 1.82) is 0 Å². The van der Waals surface area contributed by atoms with Crippen molar-refractivity contribution in [2.45, 2.75) is 73.0 Å². The molecule has 3 unspecified atom stereocenters. The summed E-state index contributed by atoms with van der Waals surface area (Å²) in [5.41, 5.74) is 1.75. The SMILES string of the molecule is CC(C)OC(=O)C(C)C(CC(C)C(=O)OCCCC(=O)Oc1ccccc1-c1ccccc1)C(=O)OC(C)C. The molecule has 0 aromatic heterocycles. The number of carbonyl (C=O) groups excluding carboxylic acids is 4. The van der Waals surface area contributed by atoms with Gasteiger partial charge in [-0.15, -0.1) is 0 Å². The second-order valence-corrected chi connectivity index (χ2v) is 10.1. The quantitative estimate of drug-likeness (QED) is 0.129. The summed E-state index contributed by atoms with van der Waals surface area (Å²) in [7, 11) is 0. The van der Waals surface area contributed by atoms with Crippen LogP contribution in [0.3, 0.4) is 0 Å². The van der Waals surface area contributed by atoms with E-state index in [9.17, 15) is 19.2 Å². The van der Waals surface area contributed by atoms with Gasteiger partial charge in [-0.2, -0.15) is 0 Å². The normalized spacial score (nSPS) is 13.3. The Kier molecular flexibility index (Phi) is 12.7. The van der Waals surface area contributed by atoms with E-state index in [0.717, 1.165) is 11.1 Å². The van der Waals surface area contributed by atoms with Gasteiger partial charge in [0.2, 0.25) is 0 Å². The first kappa shape index (κ1) is 31.5. The van der Waals surface area contributed by atoms with Crippen LogP contribution in [0, 0.1) is 17.8 Å². The molecule has 0 aliphatic rings. The molecule has 0 bridgehead atoms. The van der Waals surface area contributed by atoms with Gasteiger partial charge in [0.25, 0.3) is 0 Å². The van der Waals surface area contributed by atoms with E-state index in [-0.39, 0.29) is 38.1 Å². The fourth-order valence-electron chi connectivity index (χ4n) is 3.92. The Morgan fingerprint density at radius 1 is 0.718 bits per heavy atom. The van der Waals surface area contributed by atoms with Crippen LogP contribution < -0.4 is 4.74 Å². The number of carbonyl (C=O) groups is 4. The number of ether oxygens (including phenoxy) is 4. The molecule has 0 fully saturated rings. The van der Waals surface area contributed by atoms with Gasteiger partial charge in [-0.05, 0) is 52.2 Å². The van der Waals surface area contributed by atoms with Crippen molar-refractivity contribution in [1.82, 2.24) is 0 Å². The lowest BCUT2D eigenvalue weighted by atomic mass is 9.85. The van der Waals surface area contributed by atoms with E-state index in [1.54, 1.807) is 53.7 Å². The topological polar surface area (TPSA) is 105 Å². The molecule has 0 N–H and O–H groups in total. The van der Waals surface area contributed by atoms with Crippen LogP contribution in [0.15, 0.2) is 54.6 Å². The van der Waals surface area contributed by atoms with Gasteiger partial charge >= 0.3 is 23.9 Å². The fourth-order valence-corrected chi connectivity index (χ4v) is 3.92. The van der Waals surface area contributed by atoms with Crippen LogP contribution in [0.5, 0.6) is 5.75 Å². The number of benzene rings is 2. The zero-order valence-electron chi connectivity index (χ0n) is 23.7. The van der Waals surface area contributed by atoms with E-state index in [0.29, 0.717) is 5.75 Å². The van der Waals surface area contributed by atoms with Crippen molar-refractivity contribution >= 4 is 23.9 Å². The first-order valence-electron chi connectivity index (χ1n) is 13.4. The number of esters is 4. The summed E-state index contributed by atoms with van der Waals surface area (Å²) in [6, 6.07) is 16.9. The van der Waals surface area contributed by atoms with Crippen LogP contribution >= 0.6 is 0 Å². The molecule has 8 heteroatoms. The van der Waals surface area contributed by atoms with Gasteiger partial charge in [0.1, 0.15) is 5.75 Å². The molecule has 0 amide bonds. The van der Waals surface area contributed by atoms with Crippen LogP contribution in [-0.4, -0.2) is 42.7 Å². The molecular weight excluding hydrogens is 500 g/mol. The number of hydrogen-bond donors (Lipinski definition) is 0. The second-order valence-electron chi connectivity index (χ2n) is 10.1. The summed E-state index contributed by atoms with van der Waals surface area (Å²) in [5.74, 6) is -3.90. The molecule has 0 radical (unpaired) electrons. The van der Waals surface area contributed by atoms with E-state index < -0.39 is 41.6 Å². The Balaban J connectivity index is 1.88. The highest BCUT2D eigenvalue weighted by atomic mass is 16.6. The van der Waals surface area contributed by atoms with Crippen LogP contribution in [-0.2, 0) is 33.4 Å². The molecule has 8 nitrogen and oxygen atoms in total. The van der Waals surface area contributed by atoms with Gasteiger partial charge in [-0.25, -0.2) is 0 Å². The molecule has 2 rings (SSSR count). The molecule has 3 atom stereocenters. The van der Waals surface area contributed by atoms with E-state index in [1.807, 2.05) is 42.5 Å². The zero-order chi connectivity index (χ0) is 28.9. The maximum absolute atomic E-state index is 12.7. The monoisotopic (exact) mass is 540 g/mol. The molecule has 0 saturated carbocycles. The average Bonchev–Trinajstić information content (AvgIpc) is 2.89. The molecular formula is C31H40O8. The van der Waals surface area contributed by atoms with E-state index >= 15 is 0 Å². The number of para-hydroxylation sites is 1. The maximum Gasteiger partial charge on any atom is 0.311 e. The van der Waals surface area contributed by atoms with Gasteiger partial charge in [-0.3, -0.25) is 19.2 Å². The highest BCUT2D eigenvalue weighted by Gasteiger charge is 2.36. The van der Waals surface area contributed by atoms with Crippen molar-refractivity contribution in [2.24, 2.45) is 17.8 Å². The minimum atomic E-state index is -0.860. The summed E-state index contributed by atoms with van der Waals surface area (Å²) in [6.07, 6.45) is -0.290. The minimum Gasteiger partial charge on any atom is -0.465 e. The lowest BCUT2D eigenvalue weighted by Crippen LogP contribution is -2.35. The molecule has 212 valence electrons. The molecule has 0 saturated heterocycles. The summed E-state index contributed by atoms with van der Waals surface area (Å²) in [5, 5.41) is 0. The predicted octanol–water partition coefficient (Wildman–Crippen LogP) is 5.76. The lowest BCUT2D eigenvalue weighted by Gasteiger charge is -2.25. The van der Waals surface area contributed by atoms with E-state index in [4.69, 9.17) is 18.9 Å². The first-order chi connectivity index (χ1) is 18.5. The highest BCUT2D eigenvalue weighted by Crippen LogP contribution is 2.30. The summed E-state index contributed by atoms with van der Waals surface area (Å²) in [4.78, 5) is 50.2. The van der Waals surface area contributed by atoms with Crippen molar-refractivity contribution < 1.29 is 38.1 Å². The molecule has 0 aliphatic heterocycles. The van der Waals surface area contributed by atoms with Crippen LogP contribution in [0.4, 0.5) is 0 Å². The van der Waals surface area contributed by atoms with Crippen molar-refractivity contribution in [3.05, 3.63) is 54.6 Å². The largest absolute Gasteiger partial charge is 0.465 e. The lowest BCUT2D eigenvalue weighted by molar-refractivity contribution is -0.166. The van der Waals surface area contributed by atoms with E-state index in [1.165, 1.54) is 0 Å². The van der Waals surface area contributed by atoms with Crippen LogP contribution in [0.1, 0.15) is 60.8 Å². The molecule has 2 aromatic rings. The van der Waals surface area contributed by atoms with Crippen LogP contribution in [0.25, 0.3) is 11.1 Å². The molecule has 0 spiro atoms. The Morgan fingerprint density at radius 3 is 1.95 bits per heavy atom. The maximum atomic E-state index is 12.7. The highest BCUT2D eigenvalue weighted by molar-refractivity contribution is 5.83. The number of hydrogen-bond acceptors (Lipinski definition) is 8. The Hall–Kier alpha value is -3.68. The molecule has 0 aliphatic carbocycles. The van der Waals surface area contributed by atoms with E-state index in [2.05, 4.69) is 0 Å². The van der Waals surface area contributed by atoms with Gasteiger partial charge in [0.05, 0.1) is 36.6 Å². The van der Waals surface area contributed by atoms with Crippen molar-refractivity contribution in [3.63, 3.8) is 0 Å². The second kappa shape index (κ2) is 15.7. The van der Waals surface area contributed by atoms with Gasteiger partial charge in [0, 0.05) is 12.0 Å². The summed E-state index contributed by atoms with van der Waals surface area (Å²) >= 11 is 0. The minimum absolute atomic E-state index is 0.0185.